The van der Waals surface area contributed by atoms with Gasteiger partial charge in [-0.2, -0.15) is 5.10 Å². The lowest BCUT2D eigenvalue weighted by molar-refractivity contribution is -0.123. The van der Waals surface area contributed by atoms with Crippen LogP contribution in [0.5, 0.6) is 23.0 Å². The zero-order valence-electron chi connectivity index (χ0n) is 19.6. The molecule has 0 bridgehead atoms. The van der Waals surface area contributed by atoms with Gasteiger partial charge in [0.15, 0.2) is 18.1 Å². The summed E-state index contributed by atoms with van der Waals surface area (Å²) in [4.78, 5) is 24.8. The highest BCUT2D eigenvalue weighted by molar-refractivity contribution is 5.92. The number of nitrogens with zero attached hydrogens (tertiary/aromatic N) is 1. The van der Waals surface area contributed by atoms with Crippen molar-refractivity contribution < 1.29 is 28.5 Å². The number of hydrogen-bond donors (Lipinski definition) is 1. The number of benzene rings is 4. The van der Waals surface area contributed by atoms with Gasteiger partial charge in [0, 0.05) is 5.56 Å². The van der Waals surface area contributed by atoms with Crippen LogP contribution in [0.25, 0.3) is 11.1 Å². The van der Waals surface area contributed by atoms with Crippen molar-refractivity contribution in [2.45, 2.75) is 0 Å². The van der Waals surface area contributed by atoms with Crippen molar-refractivity contribution in [3.8, 4) is 34.1 Å². The van der Waals surface area contributed by atoms with Crippen molar-refractivity contribution in [1.29, 1.82) is 0 Å². The van der Waals surface area contributed by atoms with Crippen LogP contribution >= 0.6 is 0 Å². The molecule has 1 amide bonds. The monoisotopic (exact) mass is 494 g/mol. The van der Waals surface area contributed by atoms with Gasteiger partial charge in [-0.05, 0) is 47.5 Å². The van der Waals surface area contributed by atoms with E-state index in [2.05, 4.69) is 10.5 Å². The summed E-state index contributed by atoms with van der Waals surface area (Å²) in [5.74, 6) is 1.07. The highest BCUT2D eigenvalue weighted by atomic mass is 16.7. The molecule has 8 nitrogen and oxygen atoms in total. The fourth-order valence-corrected chi connectivity index (χ4v) is 3.65. The highest BCUT2D eigenvalue weighted by Crippen LogP contribution is 2.33. The molecule has 4 aromatic carbocycles. The normalized spacial score (nSPS) is 11.8. The van der Waals surface area contributed by atoms with E-state index in [1.807, 2.05) is 54.6 Å². The minimum atomic E-state index is -0.534. The molecule has 0 aromatic heterocycles. The zero-order chi connectivity index (χ0) is 25.5. The quantitative estimate of drug-likeness (QED) is 0.163. The van der Waals surface area contributed by atoms with Gasteiger partial charge >= 0.3 is 5.97 Å². The molecule has 184 valence electrons. The molecule has 37 heavy (non-hydrogen) atoms. The number of hydrazone groups is 1. The second-order valence-electron chi connectivity index (χ2n) is 7.97. The molecule has 0 radical (unpaired) electrons. The van der Waals surface area contributed by atoms with Gasteiger partial charge in [0.25, 0.3) is 5.91 Å². The molecule has 5 rings (SSSR count). The Kier molecular flexibility index (Phi) is 7.08. The lowest BCUT2D eigenvalue weighted by Crippen LogP contribution is -2.24. The first kappa shape index (κ1) is 23.6. The SMILES string of the molecule is O=C(COc1ccccc1-c1ccccc1)NN=Cc1cccc(OC(=O)c2ccc3c(c2)OCO3)c1. The third kappa shape index (κ3) is 5.94. The van der Waals surface area contributed by atoms with Gasteiger partial charge in [0.2, 0.25) is 6.79 Å². The van der Waals surface area contributed by atoms with Gasteiger partial charge in [-0.15, -0.1) is 0 Å². The number of carbonyl (C=O) groups is 2. The van der Waals surface area contributed by atoms with E-state index in [0.29, 0.717) is 34.1 Å². The van der Waals surface area contributed by atoms with Crippen molar-refractivity contribution in [3.05, 3.63) is 108 Å². The number of carbonyl (C=O) groups excluding carboxylic acids is 2. The summed E-state index contributed by atoms with van der Waals surface area (Å²) in [7, 11) is 0. The molecule has 0 unspecified atom stereocenters. The molecule has 1 N–H and O–H groups in total. The Bertz CT molecular complexity index is 1450. The second-order valence-corrected chi connectivity index (χ2v) is 7.97. The third-order valence-corrected chi connectivity index (χ3v) is 5.41. The summed E-state index contributed by atoms with van der Waals surface area (Å²) in [6.45, 7) is -0.0762. The van der Waals surface area contributed by atoms with Crippen LogP contribution in [0.1, 0.15) is 15.9 Å². The fourth-order valence-electron chi connectivity index (χ4n) is 3.65. The van der Waals surface area contributed by atoms with E-state index in [1.54, 1.807) is 42.5 Å². The van der Waals surface area contributed by atoms with E-state index in [9.17, 15) is 9.59 Å². The zero-order valence-corrected chi connectivity index (χ0v) is 19.6. The van der Waals surface area contributed by atoms with Crippen LogP contribution in [-0.2, 0) is 4.79 Å². The first-order valence-electron chi connectivity index (χ1n) is 11.5. The molecule has 0 spiro atoms. The maximum absolute atomic E-state index is 12.5. The van der Waals surface area contributed by atoms with Crippen molar-refractivity contribution >= 4 is 18.1 Å². The maximum atomic E-state index is 12.5. The molecule has 0 saturated heterocycles. The average molecular weight is 495 g/mol. The largest absolute Gasteiger partial charge is 0.483 e. The van der Waals surface area contributed by atoms with Gasteiger partial charge in [0.1, 0.15) is 11.5 Å². The number of esters is 1. The molecule has 1 heterocycles. The molecule has 1 aliphatic rings. The molecule has 0 aliphatic carbocycles. The molecule has 0 atom stereocenters. The van der Waals surface area contributed by atoms with Crippen molar-refractivity contribution in [1.82, 2.24) is 5.43 Å². The van der Waals surface area contributed by atoms with Crippen LogP contribution in [0.3, 0.4) is 0 Å². The van der Waals surface area contributed by atoms with Crippen LogP contribution in [0, 0.1) is 0 Å². The summed E-state index contributed by atoms with van der Waals surface area (Å²) < 4.78 is 21.7. The number of para-hydroxylation sites is 1. The Morgan fingerprint density at radius 1 is 0.865 bits per heavy atom. The van der Waals surface area contributed by atoms with Crippen molar-refractivity contribution in [2.75, 3.05) is 13.4 Å². The highest BCUT2D eigenvalue weighted by Gasteiger charge is 2.17. The molecular formula is C29H22N2O6. The number of rotatable bonds is 8. The first-order valence-corrected chi connectivity index (χ1v) is 11.5. The Morgan fingerprint density at radius 3 is 2.57 bits per heavy atom. The average Bonchev–Trinajstić information content (AvgIpc) is 3.41. The van der Waals surface area contributed by atoms with Gasteiger partial charge in [-0.1, -0.05) is 60.7 Å². The minimum absolute atomic E-state index is 0.124. The van der Waals surface area contributed by atoms with Crippen LogP contribution < -0.4 is 24.4 Å². The van der Waals surface area contributed by atoms with E-state index >= 15 is 0 Å². The fraction of sp³-hybridized carbons (Fsp3) is 0.0690. The van der Waals surface area contributed by atoms with E-state index < -0.39 is 11.9 Å². The third-order valence-electron chi connectivity index (χ3n) is 5.41. The van der Waals surface area contributed by atoms with Crippen LogP contribution in [0.4, 0.5) is 0 Å². The van der Waals surface area contributed by atoms with Gasteiger partial charge in [-0.3, -0.25) is 4.79 Å². The molecular weight excluding hydrogens is 472 g/mol. The standard InChI is InChI=1S/C29H22N2O6/c32-28(18-34-25-12-5-4-11-24(25)21-8-2-1-3-9-21)31-30-17-20-7-6-10-23(15-20)37-29(33)22-13-14-26-27(16-22)36-19-35-26/h1-17H,18-19H2,(H,31,32). The number of fused-ring (bicyclic) bond motifs is 1. The number of hydrogen-bond acceptors (Lipinski definition) is 7. The minimum Gasteiger partial charge on any atom is -0.483 e. The van der Waals surface area contributed by atoms with E-state index in [0.717, 1.165) is 11.1 Å². The maximum Gasteiger partial charge on any atom is 0.343 e. The first-order chi connectivity index (χ1) is 18.2. The Morgan fingerprint density at radius 2 is 1.68 bits per heavy atom. The number of amides is 1. The van der Waals surface area contributed by atoms with Crippen molar-refractivity contribution in [3.63, 3.8) is 0 Å². The Hall–Kier alpha value is -5.11. The predicted molar refractivity (Wildman–Crippen MR) is 137 cm³/mol. The molecule has 0 saturated carbocycles. The lowest BCUT2D eigenvalue weighted by Gasteiger charge is -2.10. The smallest absolute Gasteiger partial charge is 0.343 e. The molecule has 0 fully saturated rings. The predicted octanol–water partition coefficient (Wildman–Crippen LogP) is 4.83. The van der Waals surface area contributed by atoms with Gasteiger partial charge < -0.3 is 18.9 Å². The topological polar surface area (TPSA) is 95.5 Å². The van der Waals surface area contributed by atoms with Gasteiger partial charge in [0.05, 0.1) is 11.8 Å². The van der Waals surface area contributed by atoms with Crippen molar-refractivity contribution in [2.24, 2.45) is 5.10 Å². The second kappa shape index (κ2) is 11.1. The number of nitrogens with one attached hydrogen (secondary N) is 1. The van der Waals surface area contributed by atoms with Gasteiger partial charge in [-0.25, -0.2) is 10.2 Å². The summed E-state index contributed by atoms with van der Waals surface area (Å²) in [6.07, 6.45) is 1.45. The Balaban J connectivity index is 1.15. The van der Waals surface area contributed by atoms with E-state index in [-0.39, 0.29) is 13.4 Å². The molecule has 1 aliphatic heterocycles. The van der Waals surface area contributed by atoms with Crippen LogP contribution in [0.15, 0.2) is 102 Å². The molecule has 8 heteroatoms. The Labute approximate surface area is 213 Å². The van der Waals surface area contributed by atoms with E-state index in [1.165, 1.54) is 6.21 Å². The number of ether oxygens (including phenoxy) is 4. The summed E-state index contributed by atoms with van der Waals surface area (Å²) >= 11 is 0. The van der Waals surface area contributed by atoms with E-state index in [4.69, 9.17) is 18.9 Å². The van der Waals surface area contributed by atoms with Crippen LogP contribution in [0.2, 0.25) is 0 Å². The summed E-state index contributed by atoms with van der Waals surface area (Å²) in [5, 5.41) is 3.98. The summed E-state index contributed by atoms with van der Waals surface area (Å²) in [6, 6.07) is 28.9. The lowest BCUT2D eigenvalue weighted by atomic mass is 10.1. The summed E-state index contributed by atoms with van der Waals surface area (Å²) in [5.41, 5.74) is 5.30. The van der Waals surface area contributed by atoms with Crippen LogP contribution in [-0.4, -0.2) is 31.5 Å². The molecule has 4 aromatic rings.